The summed E-state index contributed by atoms with van der Waals surface area (Å²) in [7, 11) is 0. The van der Waals surface area contributed by atoms with E-state index in [0.717, 1.165) is 25.9 Å². The Balaban J connectivity index is 1.81. The zero-order valence-electron chi connectivity index (χ0n) is 14.6. The predicted octanol–water partition coefficient (Wildman–Crippen LogP) is -0.744. The van der Waals surface area contributed by atoms with Gasteiger partial charge in [0.15, 0.2) is 23.2 Å². The number of nitrogens with two attached hydrogens (primary N) is 1. The maximum Gasteiger partial charge on any atom is 0.210 e. The number of imidazole rings is 1. The maximum atomic E-state index is 10.5. The number of fused-ring (bicyclic) bond motifs is 1. The molecular formula is C16H24N6O4. The second-order valence-electron chi connectivity index (χ2n) is 7.11. The van der Waals surface area contributed by atoms with Crippen LogP contribution in [0.4, 0.5) is 11.8 Å². The molecule has 142 valence electrons. The highest BCUT2D eigenvalue weighted by molar-refractivity contribution is 5.84. The predicted molar refractivity (Wildman–Crippen MR) is 93.4 cm³/mol. The number of hydrogen-bond donors (Lipinski definition) is 4. The van der Waals surface area contributed by atoms with Crippen LogP contribution in [0.1, 0.15) is 26.0 Å². The van der Waals surface area contributed by atoms with Crippen LogP contribution in [0, 0.1) is 5.92 Å². The van der Waals surface area contributed by atoms with Gasteiger partial charge in [0.1, 0.15) is 24.6 Å². The topological polar surface area (TPSA) is 143 Å². The Morgan fingerprint density at radius 2 is 1.96 bits per heavy atom. The number of rotatable bonds is 3. The summed E-state index contributed by atoms with van der Waals surface area (Å²) in [4.78, 5) is 15.0. The average Bonchev–Trinajstić information content (AvgIpc) is 3.15. The van der Waals surface area contributed by atoms with E-state index in [9.17, 15) is 15.3 Å². The third-order valence-electron chi connectivity index (χ3n) is 5.32. The molecule has 0 bridgehead atoms. The second kappa shape index (κ2) is 6.62. The molecule has 2 aromatic rings. The molecule has 26 heavy (non-hydrogen) atoms. The van der Waals surface area contributed by atoms with Crippen LogP contribution in [-0.2, 0) is 4.74 Å². The van der Waals surface area contributed by atoms with Crippen LogP contribution in [0.2, 0.25) is 0 Å². The summed E-state index contributed by atoms with van der Waals surface area (Å²) in [6.07, 6.45) is -0.824. The summed E-state index contributed by atoms with van der Waals surface area (Å²) in [6.45, 7) is 3.45. The van der Waals surface area contributed by atoms with Crippen LogP contribution < -0.4 is 10.6 Å². The molecule has 2 aromatic heterocycles. The molecule has 0 aliphatic carbocycles. The largest absolute Gasteiger partial charge is 0.394 e. The maximum absolute atomic E-state index is 10.5. The number of nitrogen functional groups attached to an aromatic ring is 1. The van der Waals surface area contributed by atoms with Crippen molar-refractivity contribution in [2.75, 3.05) is 30.3 Å². The van der Waals surface area contributed by atoms with Crippen molar-refractivity contribution in [2.45, 2.75) is 44.3 Å². The zero-order valence-corrected chi connectivity index (χ0v) is 14.6. The molecule has 0 aromatic carbocycles. The first-order valence-electron chi connectivity index (χ1n) is 8.87. The van der Waals surface area contributed by atoms with Gasteiger partial charge < -0.3 is 30.7 Å². The minimum Gasteiger partial charge on any atom is -0.394 e. The Morgan fingerprint density at radius 3 is 2.62 bits per heavy atom. The Labute approximate surface area is 150 Å². The van der Waals surface area contributed by atoms with Gasteiger partial charge in [0.25, 0.3) is 0 Å². The highest BCUT2D eigenvalue weighted by atomic mass is 16.6. The fourth-order valence-corrected chi connectivity index (χ4v) is 3.67. The molecule has 2 fully saturated rings. The SMILES string of the molecule is CC1CCN(c2nc3c(N)ncnc3n2[C@H]2O[C@@H](CO)[C@@H](O)[C@H]2O)CC1. The van der Waals surface area contributed by atoms with Gasteiger partial charge in [-0.1, -0.05) is 6.92 Å². The third kappa shape index (κ3) is 2.69. The van der Waals surface area contributed by atoms with Crippen LogP contribution in [0.25, 0.3) is 11.2 Å². The number of anilines is 2. The van der Waals surface area contributed by atoms with Crippen molar-refractivity contribution in [1.82, 2.24) is 19.5 Å². The minimum absolute atomic E-state index is 0.243. The number of aliphatic hydroxyl groups is 3. The summed E-state index contributed by atoms with van der Waals surface area (Å²) in [5.41, 5.74) is 6.83. The van der Waals surface area contributed by atoms with Crippen LogP contribution >= 0.6 is 0 Å². The van der Waals surface area contributed by atoms with Crippen LogP contribution in [-0.4, -0.2) is 72.8 Å². The average molecular weight is 364 g/mol. The Kier molecular flexibility index (Phi) is 4.43. The lowest BCUT2D eigenvalue weighted by molar-refractivity contribution is -0.0505. The summed E-state index contributed by atoms with van der Waals surface area (Å²) >= 11 is 0. The summed E-state index contributed by atoms with van der Waals surface area (Å²) in [6, 6.07) is 0. The zero-order chi connectivity index (χ0) is 18.4. The molecule has 5 N–H and O–H groups in total. The van der Waals surface area contributed by atoms with E-state index < -0.39 is 31.1 Å². The van der Waals surface area contributed by atoms with Crippen molar-refractivity contribution in [3.63, 3.8) is 0 Å². The molecule has 0 spiro atoms. The lowest BCUT2D eigenvalue weighted by Gasteiger charge is -2.32. The van der Waals surface area contributed by atoms with E-state index in [4.69, 9.17) is 10.5 Å². The molecule has 0 radical (unpaired) electrons. The number of ether oxygens (including phenoxy) is 1. The van der Waals surface area contributed by atoms with E-state index in [2.05, 4.69) is 26.8 Å². The van der Waals surface area contributed by atoms with Crippen LogP contribution in [0.3, 0.4) is 0 Å². The van der Waals surface area contributed by atoms with Gasteiger partial charge in [0.2, 0.25) is 5.95 Å². The number of nitrogens with zero attached hydrogens (tertiary/aromatic N) is 5. The van der Waals surface area contributed by atoms with Gasteiger partial charge in [-0.25, -0.2) is 15.0 Å². The smallest absolute Gasteiger partial charge is 0.210 e. The standard InChI is InChI=1S/C16H24N6O4/c1-8-2-4-21(5-3-8)16-20-10-13(17)18-7-19-14(10)22(16)15-12(25)11(24)9(6-23)26-15/h7-9,11-12,15,23-25H,2-6H2,1H3,(H2,17,18,19)/t9-,11+,12+,15-/m0/s1. The first-order valence-corrected chi connectivity index (χ1v) is 8.87. The minimum atomic E-state index is -1.22. The number of aromatic nitrogens is 4. The lowest BCUT2D eigenvalue weighted by atomic mass is 10.00. The van der Waals surface area contributed by atoms with E-state index in [0.29, 0.717) is 23.0 Å². The third-order valence-corrected chi connectivity index (χ3v) is 5.32. The van der Waals surface area contributed by atoms with Gasteiger partial charge >= 0.3 is 0 Å². The van der Waals surface area contributed by atoms with Gasteiger partial charge in [0, 0.05) is 13.1 Å². The van der Waals surface area contributed by atoms with E-state index in [1.807, 2.05) is 0 Å². The molecule has 2 aliphatic heterocycles. The first kappa shape index (κ1) is 17.4. The Morgan fingerprint density at radius 1 is 1.23 bits per heavy atom. The number of aliphatic hydroxyl groups excluding tert-OH is 3. The van der Waals surface area contributed by atoms with Crippen LogP contribution in [0.15, 0.2) is 6.33 Å². The quantitative estimate of drug-likeness (QED) is 0.553. The molecule has 10 nitrogen and oxygen atoms in total. The molecule has 10 heteroatoms. The highest BCUT2D eigenvalue weighted by Crippen LogP contribution is 2.37. The normalized spacial score (nSPS) is 30.4. The van der Waals surface area contributed by atoms with Crippen molar-refractivity contribution in [1.29, 1.82) is 0 Å². The second-order valence-corrected chi connectivity index (χ2v) is 7.11. The van der Waals surface area contributed by atoms with Gasteiger partial charge in [-0.3, -0.25) is 4.57 Å². The van der Waals surface area contributed by atoms with Gasteiger partial charge in [-0.05, 0) is 18.8 Å². The fourth-order valence-electron chi connectivity index (χ4n) is 3.67. The lowest BCUT2D eigenvalue weighted by Crippen LogP contribution is -2.37. The highest BCUT2D eigenvalue weighted by Gasteiger charge is 2.45. The van der Waals surface area contributed by atoms with Crippen molar-refractivity contribution < 1.29 is 20.1 Å². The van der Waals surface area contributed by atoms with Gasteiger partial charge in [-0.2, -0.15) is 0 Å². The molecule has 2 aliphatic rings. The van der Waals surface area contributed by atoms with Crippen molar-refractivity contribution in [3.05, 3.63) is 6.33 Å². The molecule has 4 atom stereocenters. The number of hydrogen-bond acceptors (Lipinski definition) is 9. The summed E-state index contributed by atoms with van der Waals surface area (Å²) in [5, 5.41) is 30.0. The van der Waals surface area contributed by atoms with E-state index in [-0.39, 0.29) is 5.82 Å². The molecule has 0 saturated carbocycles. The fraction of sp³-hybridized carbons (Fsp3) is 0.688. The molecule has 2 saturated heterocycles. The molecule has 4 rings (SSSR count). The first-order chi connectivity index (χ1) is 12.5. The van der Waals surface area contributed by atoms with Gasteiger partial charge in [-0.15, -0.1) is 0 Å². The molecule has 0 amide bonds. The summed E-state index contributed by atoms with van der Waals surface area (Å²) < 4.78 is 7.38. The Hall–Kier alpha value is -2.01. The molecular weight excluding hydrogens is 340 g/mol. The van der Waals surface area contributed by atoms with E-state index >= 15 is 0 Å². The Bertz CT molecular complexity index is 790. The van der Waals surface area contributed by atoms with Crippen molar-refractivity contribution >= 4 is 22.9 Å². The van der Waals surface area contributed by atoms with Crippen molar-refractivity contribution in [2.24, 2.45) is 5.92 Å². The molecule has 0 unspecified atom stereocenters. The van der Waals surface area contributed by atoms with Crippen molar-refractivity contribution in [3.8, 4) is 0 Å². The monoisotopic (exact) mass is 364 g/mol. The van der Waals surface area contributed by atoms with E-state index in [1.54, 1.807) is 4.57 Å². The number of piperidine rings is 1. The summed E-state index contributed by atoms with van der Waals surface area (Å²) in [5.74, 6) is 1.46. The molecule has 4 heterocycles. The van der Waals surface area contributed by atoms with Crippen LogP contribution in [0.5, 0.6) is 0 Å². The van der Waals surface area contributed by atoms with E-state index in [1.165, 1.54) is 6.33 Å². The van der Waals surface area contributed by atoms with Gasteiger partial charge in [0.05, 0.1) is 6.61 Å².